The summed E-state index contributed by atoms with van der Waals surface area (Å²) < 4.78 is 5.46. The Morgan fingerprint density at radius 2 is 1.93 bits per heavy atom. The van der Waals surface area contributed by atoms with E-state index in [1.54, 1.807) is 0 Å². The van der Waals surface area contributed by atoms with Crippen molar-refractivity contribution in [3.63, 3.8) is 0 Å². The van der Waals surface area contributed by atoms with Gasteiger partial charge in [-0.25, -0.2) is 0 Å². The third-order valence-electron chi connectivity index (χ3n) is 2.37. The Balaban J connectivity index is 2.55. The van der Waals surface area contributed by atoms with Crippen LogP contribution >= 0.6 is 0 Å². The van der Waals surface area contributed by atoms with E-state index in [0.717, 1.165) is 12.0 Å². The van der Waals surface area contributed by atoms with Gasteiger partial charge in [-0.2, -0.15) is 0 Å². The Hall–Kier alpha value is -1.15. The molecule has 0 saturated heterocycles. The number of hydrogen-bond acceptors (Lipinski definition) is 2. The number of hydrogen-bond donors (Lipinski definition) is 0. The van der Waals surface area contributed by atoms with E-state index in [9.17, 15) is 4.79 Å². The van der Waals surface area contributed by atoms with Gasteiger partial charge in [-0.3, -0.25) is 4.79 Å². The molecule has 1 unspecified atom stereocenters. The van der Waals surface area contributed by atoms with Crippen LogP contribution in [-0.2, 0) is 4.74 Å². The second-order valence-corrected chi connectivity index (χ2v) is 3.48. The van der Waals surface area contributed by atoms with Crippen molar-refractivity contribution in [1.29, 1.82) is 0 Å². The summed E-state index contributed by atoms with van der Waals surface area (Å²) in [6.45, 7) is 4.66. The molecule has 0 amide bonds. The summed E-state index contributed by atoms with van der Waals surface area (Å²) in [5.41, 5.74) is 0.774. The highest BCUT2D eigenvalue weighted by Crippen LogP contribution is 2.10. The summed E-state index contributed by atoms with van der Waals surface area (Å²) in [5.74, 6) is 0.163. The third kappa shape index (κ3) is 3.84. The number of carbonyl (C=O) groups excluding carboxylic acids is 1. The molecule has 1 rings (SSSR count). The molecule has 15 heavy (non-hydrogen) atoms. The molecule has 0 radical (unpaired) electrons. The van der Waals surface area contributed by atoms with Crippen molar-refractivity contribution in [3.05, 3.63) is 35.9 Å². The lowest BCUT2D eigenvalue weighted by Gasteiger charge is -2.13. The fourth-order valence-corrected chi connectivity index (χ4v) is 1.51. The van der Waals surface area contributed by atoms with Gasteiger partial charge >= 0.3 is 0 Å². The quantitative estimate of drug-likeness (QED) is 0.669. The monoisotopic (exact) mass is 206 g/mol. The minimum Gasteiger partial charge on any atom is -0.378 e. The van der Waals surface area contributed by atoms with Crippen molar-refractivity contribution < 1.29 is 9.53 Å². The zero-order chi connectivity index (χ0) is 11.1. The second kappa shape index (κ2) is 6.36. The normalized spacial score (nSPS) is 12.4. The lowest BCUT2D eigenvalue weighted by atomic mass is 10.0. The molecule has 1 aromatic carbocycles. The van der Waals surface area contributed by atoms with Crippen molar-refractivity contribution in [2.24, 2.45) is 0 Å². The molecule has 2 nitrogen and oxygen atoms in total. The van der Waals surface area contributed by atoms with E-state index in [1.165, 1.54) is 0 Å². The van der Waals surface area contributed by atoms with E-state index in [0.29, 0.717) is 13.0 Å². The van der Waals surface area contributed by atoms with Crippen LogP contribution in [0.2, 0.25) is 0 Å². The maximum atomic E-state index is 11.8. The number of carbonyl (C=O) groups is 1. The first-order valence-corrected chi connectivity index (χ1v) is 5.47. The van der Waals surface area contributed by atoms with Crippen LogP contribution in [0.3, 0.4) is 0 Å². The summed E-state index contributed by atoms with van der Waals surface area (Å²) in [7, 11) is 0. The van der Waals surface area contributed by atoms with Crippen LogP contribution in [0.25, 0.3) is 0 Å². The van der Waals surface area contributed by atoms with Gasteiger partial charge in [-0.1, -0.05) is 37.3 Å². The molecule has 0 N–H and O–H groups in total. The van der Waals surface area contributed by atoms with E-state index < -0.39 is 0 Å². The molecule has 0 aliphatic heterocycles. The maximum Gasteiger partial charge on any atom is 0.165 e. The Labute approximate surface area is 91.3 Å². The lowest BCUT2D eigenvalue weighted by Crippen LogP contribution is -2.17. The van der Waals surface area contributed by atoms with Crippen molar-refractivity contribution in [1.82, 2.24) is 0 Å². The standard InChI is InChI=1S/C13H18O2/c1-3-12(15-4-2)10-13(14)11-8-6-5-7-9-11/h5-9,12H,3-4,10H2,1-2H3. The Bertz CT molecular complexity index is 293. The highest BCUT2D eigenvalue weighted by atomic mass is 16.5. The Morgan fingerprint density at radius 1 is 1.27 bits per heavy atom. The highest BCUT2D eigenvalue weighted by molar-refractivity contribution is 5.96. The van der Waals surface area contributed by atoms with Gasteiger partial charge in [0.15, 0.2) is 5.78 Å². The molecule has 1 atom stereocenters. The number of rotatable bonds is 6. The average Bonchev–Trinajstić information content (AvgIpc) is 2.29. The van der Waals surface area contributed by atoms with Crippen LogP contribution in [0.4, 0.5) is 0 Å². The van der Waals surface area contributed by atoms with Crippen LogP contribution in [0, 0.1) is 0 Å². The first kappa shape index (κ1) is 11.9. The van der Waals surface area contributed by atoms with Crippen molar-refractivity contribution >= 4 is 5.78 Å². The zero-order valence-electron chi connectivity index (χ0n) is 9.40. The van der Waals surface area contributed by atoms with Crippen LogP contribution in [0.5, 0.6) is 0 Å². The molecule has 0 fully saturated rings. The van der Waals surface area contributed by atoms with E-state index in [-0.39, 0.29) is 11.9 Å². The predicted octanol–water partition coefficient (Wildman–Crippen LogP) is 3.07. The van der Waals surface area contributed by atoms with Crippen LogP contribution < -0.4 is 0 Å². The van der Waals surface area contributed by atoms with Crippen molar-refractivity contribution in [2.45, 2.75) is 32.8 Å². The number of ketones is 1. The van der Waals surface area contributed by atoms with Gasteiger partial charge < -0.3 is 4.74 Å². The van der Waals surface area contributed by atoms with Gasteiger partial charge in [-0.05, 0) is 13.3 Å². The SMILES string of the molecule is CCOC(CC)CC(=O)c1ccccc1. The number of benzene rings is 1. The second-order valence-electron chi connectivity index (χ2n) is 3.48. The van der Waals surface area contributed by atoms with Crippen LogP contribution in [0.1, 0.15) is 37.0 Å². The largest absolute Gasteiger partial charge is 0.378 e. The topological polar surface area (TPSA) is 26.3 Å². The van der Waals surface area contributed by atoms with E-state index in [4.69, 9.17) is 4.74 Å². The average molecular weight is 206 g/mol. The molecule has 0 heterocycles. The molecule has 0 spiro atoms. The van der Waals surface area contributed by atoms with Crippen molar-refractivity contribution in [3.8, 4) is 0 Å². The van der Waals surface area contributed by atoms with Gasteiger partial charge in [0.1, 0.15) is 0 Å². The first-order valence-electron chi connectivity index (χ1n) is 5.47. The molecule has 2 heteroatoms. The summed E-state index contributed by atoms with van der Waals surface area (Å²) >= 11 is 0. The number of ether oxygens (including phenoxy) is 1. The Morgan fingerprint density at radius 3 is 2.47 bits per heavy atom. The maximum absolute atomic E-state index is 11.8. The summed E-state index contributed by atoms with van der Waals surface area (Å²) in [6.07, 6.45) is 1.42. The molecule has 0 aliphatic carbocycles. The number of Topliss-reactive ketones (excluding diaryl/α,β-unsaturated/α-hetero) is 1. The summed E-state index contributed by atoms with van der Waals surface area (Å²) in [4.78, 5) is 11.8. The molecule has 0 bridgehead atoms. The van der Waals surface area contributed by atoms with E-state index in [1.807, 2.05) is 44.2 Å². The molecule has 0 aliphatic rings. The van der Waals surface area contributed by atoms with Gasteiger partial charge in [0, 0.05) is 18.6 Å². The van der Waals surface area contributed by atoms with E-state index >= 15 is 0 Å². The summed E-state index contributed by atoms with van der Waals surface area (Å²) in [6, 6.07) is 9.38. The van der Waals surface area contributed by atoms with Gasteiger partial charge in [0.05, 0.1) is 6.10 Å². The zero-order valence-corrected chi connectivity index (χ0v) is 9.40. The smallest absolute Gasteiger partial charge is 0.165 e. The van der Waals surface area contributed by atoms with Gasteiger partial charge in [0.25, 0.3) is 0 Å². The Kier molecular flexibility index (Phi) is 5.05. The molecular weight excluding hydrogens is 188 g/mol. The molecular formula is C13H18O2. The summed E-state index contributed by atoms with van der Waals surface area (Å²) in [5, 5.41) is 0. The van der Waals surface area contributed by atoms with Crippen LogP contribution in [0.15, 0.2) is 30.3 Å². The highest BCUT2D eigenvalue weighted by Gasteiger charge is 2.13. The molecule has 0 aromatic heterocycles. The fourth-order valence-electron chi connectivity index (χ4n) is 1.51. The third-order valence-corrected chi connectivity index (χ3v) is 2.37. The predicted molar refractivity (Wildman–Crippen MR) is 61.1 cm³/mol. The van der Waals surface area contributed by atoms with E-state index in [2.05, 4.69) is 0 Å². The van der Waals surface area contributed by atoms with Gasteiger partial charge in [-0.15, -0.1) is 0 Å². The lowest BCUT2D eigenvalue weighted by molar-refractivity contribution is 0.0493. The molecule has 1 aromatic rings. The minimum absolute atomic E-state index is 0.0581. The van der Waals surface area contributed by atoms with Gasteiger partial charge in [0.2, 0.25) is 0 Å². The minimum atomic E-state index is 0.0581. The van der Waals surface area contributed by atoms with Crippen molar-refractivity contribution in [2.75, 3.05) is 6.61 Å². The van der Waals surface area contributed by atoms with Crippen LogP contribution in [-0.4, -0.2) is 18.5 Å². The molecule has 82 valence electrons. The molecule has 0 saturated carbocycles. The first-order chi connectivity index (χ1) is 7.27. The fraction of sp³-hybridized carbons (Fsp3) is 0.462.